The van der Waals surface area contributed by atoms with Crippen LogP contribution in [0.4, 0.5) is 0 Å². The Morgan fingerprint density at radius 2 is 1.68 bits per heavy atom. The highest BCUT2D eigenvalue weighted by Gasteiger charge is 2.13. The van der Waals surface area contributed by atoms with Crippen LogP contribution in [-0.4, -0.2) is 49.6 Å². The maximum absolute atomic E-state index is 10.6. The molecule has 0 aromatic heterocycles. The standard InChI is InChI=1S/C13H20O.C7H12O2.C5H8O2.C4H6O2.C3H7N/c1-11(2)5-3-6-12-7-4-8-13(9-12)10-14;1-3-5-6-9-7(8)4-2;1-4(2)5(6)7-3;1-3(2)4(5)6;1-2-3-4/h5,7,10,13H,3-4,6,8-9H2,1-2H3;4H,2-3,5-6H2,1H3;1H2,2-3H3;1H2,2H3,(H,5,6);2H,1,3-4H2. The number of rotatable bonds is 11. The number of aliphatic carboxylic acids is 1. The van der Waals surface area contributed by atoms with E-state index in [1.54, 1.807) is 13.0 Å². The van der Waals surface area contributed by atoms with Crippen LogP contribution in [0.25, 0.3) is 0 Å². The summed E-state index contributed by atoms with van der Waals surface area (Å²) in [6.07, 6.45) is 15.9. The number of carboxylic acids is 1. The van der Waals surface area contributed by atoms with Crippen molar-refractivity contribution in [3.05, 3.63) is 72.9 Å². The SMILES string of the molecule is C=C(C)C(=O)O.C=C(C)C(=O)OC.C=CC(=O)OCCCC.C=CCN.CC(C)=CCCC1=CCCC(C=O)C1. The van der Waals surface area contributed by atoms with E-state index in [4.69, 9.17) is 10.8 Å². The van der Waals surface area contributed by atoms with Crippen LogP contribution >= 0.6 is 0 Å². The zero-order valence-electron chi connectivity index (χ0n) is 25.6. The number of carbonyl (C=O) groups is 4. The topological polar surface area (TPSA) is 133 Å². The largest absolute Gasteiger partial charge is 0.478 e. The van der Waals surface area contributed by atoms with Gasteiger partial charge in [-0.25, -0.2) is 14.4 Å². The molecule has 8 heteroatoms. The van der Waals surface area contributed by atoms with Crippen molar-refractivity contribution < 1.29 is 33.8 Å². The van der Waals surface area contributed by atoms with Crippen molar-refractivity contribution >= 4 is 24.2 Å². The summed E-state index contributed by atoms with van der Waals surface area (Å²) in [5, 5.41) is 7.89. The lowest BCUT2D eigenvalue weighted by Crippen LogP contribution is -2.07. The molecule has 0 aromatic rings. The van der Waals surface area contributed by atoms with Crippen molar-refractivity contribution in [1.29, 1.82) is 0 Å². The Labute approximate surface area is 242 Å². The maximum Gasteiger partial charge on any atom is 0.332 e. The van der Waals surface area contributed by atoms with Crippen molar-refractivity contribution in [2.24, 2.45) is 11.7 Å². The van der Waals surface area contributed by atoms with Gasteiger partial charge in [-0.15, -0.1) is 6.58 Å². The smallest absolute Gasteiger partial charge is 0.332 e. The second-order valence-electron chi connectivity index (χ2n) is 8.97. The van der Waals surface area contributed by atoms with Gasteiger partial charge in [0.1, 0.15) is 6.29 Å². The summed E-state index contributed by atoms with van der Waals surface area (Å²) in [5.41, 5.74) is 8.38. The van der Waals surface area contributed by atoms with Crippen LogP contribution in [0.3, 0.4) is 0 Å². The number of hydrogen-bond acceptors (Lipinski definition) is 7. The molecule has 0 bridgehead atoms. The van der Waals surface area contributed by atoms with Crippen molar-refractivity contribution in [2.45, 2.75) is 79.6 Å². The average molecular weight is 564 g/mol. The first-order valence-electron chi connectivity index (χ1n) is 13.3. The number of carbonyl (C=O) groups excluding carboxylic acids is 3. The lowest BCUT2D eigenvalue weighted by molar-refractivity contribution is -0.138. The zero-order valence-corrected chi connectivity index (χ0v) is 25.6. The first-order chi connectivity index (χ1) is 18.8. The highest BCUT2D eigenvalue weighted by atomic mass is 16.5. The van der Waals surface area contributed by atoms with Gasteiger partial charge in [0.25, 0.3) is 0 Å². The fourth-order valence-electron chi connectivity index (χ4n) is 2.44. The van der Waals surface area contributed by atoms with Gasteiger partial charge in [0.15, 0.2) is 0 Å². The summed E-state index contributed by atoms with van der Waals surface area (Å²) in [6, 6.07) is 0. The molecule has 1 unspecified atom stereocenters. The van der Waals surface area contributed by atoms with Crippen LogP contribution in [0, 0.1) is 5.92 Å². The minimum Gasteiger partial charge on any atom is -0.478 e. The number of ether oxygens (including phenoxy) is 2. The van der Waals surface area contributed by atoms with Gasteiger partial charge < -0.3 is 25.1 Å². The number of hydrogen-bond donors (Lipinski definition) is 2. The molecule has 0 heterocycles. The third-order valence-corrected chi connectivity index (χ3v) is 4.68. The fraction of sp³-hybridized carbons (Fsp3) is 0.500. The molecule has 228 valence electrons. The van der Waals surface area contributed by atoms with Crippen LogP contribution in [0.2, 0.25) is 0 Å². The summed E-state index contributed by atoms with van der Waals surface area (Å²) in [7, 11) is 1.33. The van der Waals surface area contributed by atoms with E-state index in [0.29, 0.717) is 24.6 Å². The molecule has 0 aliphatic heterocycles. The van der Waals surface area contributed by atoms with Gasteiger partial charge in [0.05, 0.1) is 13.7 Å². The molecule has 0 fully saturated rings. The third kappa shape index (κ3) is 36.6. The van der Waals surface area contributed by atoms with Crippen LogP contribution in [0.1, 0.15) is 79.6 Å². The molecule has 0 amide bonds. The molecular weight excluding hydrogens is 510 g/mol. The second kappa shape index (κ2) is 31.7. The molecule has 0 aromatic carbocycles. The van der Waals surface area contributed by atoms with E-state index in [1.807, 2.05) is 6.92 Å². The minimum atomic E-state index is -0.935. The summed E-state index contributed by atoms with van der Waals surface area (Å²) >= 11 is 0. The first-order valence-corrected chi connectivity index (χ1v) is 13.3. The van der Waals surface area contributed by atoms with E-state index in [-0.39, 0.29) is 17.5 Å². The van der Waals surface area contributed by atoms with Crippen LogP contribution in [0.5, 0.6) is 0 Å². The average Bonchev–Trinajstić information content (AvgIpc) is 2.93. The molecule has 1 atom stereocenters. The first kappa shape index (κ1) is 43.5. The Hall–Kier alpha value is -3.52. The predicted octanol–water partition coefficient (Wildman–Crippen LogP) is 6.69. The van der Waals surface area contributed by atoms with Crippen molar-refractivity contribution in [2.75, 3.05) is 20.3 Å². The highest BCUT2D eigenvalue weighted by molar-refractivity contribution is 5.86. The molecule has 1 aliphatic carbocycles. The number of carboxylic acid groups (broad SMARTS) is 1. The van der Waals surface area contributed by atoms with Gasteiger partial charge in [0, 0.05) is 29.7 Å². The van der Waals surface area contributed by atoms with Crippen LogP contribution < -0.4 is 5.73 Å². The molecule has 1 rings (SSSR count). The van der Waals surface area contributed by atoms with E-state index >= 15 is 0 Å². The predicted molar refractivity (Wildman–Crippen MR) is 165 cm³/mol. The van der Waals surface area contributed by atoms with Gasteiger partial charge in [0.2, 0.25) is 0 Å². The maximum atomic E-state index is 10.6. The summed E-state index contributed by atoms with van der Waals surface area (Å²) in [4.78, 5) is 40.8. The van der Waals surface area contributed by atoms with E-state index in [1.165, 1.54) is 31.3 Å². The van der Waals surface area contributed by atoms with Crippen molar-refractivity contribution in [1.82, 2.24) is 0 Å². The summed E-state index contributed by atoms with van der Waals surface area (Å²) < 4.78 is 8.95. The fourth-order valence-corrected chi connectivity index (χ4v) is 2.44. The van der Waals surface area contributed by atoms with E-state index < -0.39 is 5.97 Å². The molecule has 0 saturated carbocycles. The third-order valence-electron chi connectivity index (χ3n) is 4.68. The molecule has 1 aliphatic rings. The van der Waals surface area contributed by atoms with Gasteiger partial charge >= 0.3 is 17.9 Å². The van der Waals surface area contributed by atoms with Gasteiger partial charge in [-0.1, -0.05) is 62.5 Å². The monoisotopic (exact) mass is 563 g/mol. The van der Waals surface area contributed by atoms with Crippen molar-refractivity contribution in [3.63, 3.8) is 0 Å². The highest BCUT2D eigenvalue weighted by Crippen LogP contribution is 2.25. The molecule has 0 radical (unpaired) electrons. The molecule has 40 heavy (non-hydrogen) atoms. The molecule has 0 saturated heterocycles. The van der Waals surface area contributed by atoms with Crippen LogP contribution in [0.15, 0.2) is 72.9 Å². The number of allylic oxidation sites excluding steroid dienone is 4. The number of nitrogens with two attached hydrogens (primary N) is 1. The van der Waals surface area contributed by atoms with E-state index in [0.717, 1.165) is 51.2 Å². The summed E-state index contributed by atoms with van der Waals surface area (Å²) in [5.74, 6) is -1.32. The molecule has 8 nitrogen and oxygen atoms in total. The normalized spacial score (nSPS) is 12.5. The Balaban J connectivity index is -0.000000218. The van der Waals surface area contributed by atoms with Crippen molar-refractivity contribution in [3.8, 4) is 0 Å². The Kier molecular flexibility index (Phi) is 34.5. The lowest BCUT2D eigenvalue weighted by atomic mass is 9.88. The van der Waals surface area contributed by atoms with E-state index in [2.05, 4.69) is 61.8 Å². The molecule has 0 spiro atoms. The zero-order chi connectivity index (χ0) is 31.9. The number of methoxy groups -OCH3 is 1. The number of aldehydes is 1. The Morgan fingerprint density at radius 1 is 1.12 bits per heavy atom. The number of esters is 2. The van der Waals surface area contributed by atoms with E-state index in [9.17, 15) is 19.2 Å². The Bertz CT molecular complexity index is 822. The van der Waals surface area contributed by atoms with Gasteiger partial charge in [-0.05, 0) is 66.2 Å². The number of unbranched alkanes of at least 4 members (excludes halogenated alkanes) is 1. The van der Waals surface area contributed by atoms with Gasteiger partial charge in [-0.2, -0.15) is 0 Å². The second-order valence-corrected chi connectivity index (χ2v) is 8.97. The van der Waals surface area contributed by atoms with Crippen LogP contribution in [-0.2, 0) is 28.7 Å². The lowest BCUT2D eigenvalue weighted by Gasteiger charge is -2.17. The van der Waals surface area contributed by atoms with Gasteiger partial charge in [-0.3, -0.25) is 0 Å². The minimum absolute atomic E-state index is 0.176. The molecular formula is C32H53NO7. The Morgan fingerprint density at radius 3 is 2.00 bits per heavy atom. The summed E-state index contributed by atoms with van der Waals surface area (Å²) in [6.45, 7) is 23.6. The molecule has 3 N–H and O–H groups in total. The quantitative estimate of drug-likeness (QED) is 0.0934.